The normalized spacial score (nSPS) is 14.7. The number of nitrogens with zero attached hydrogens (tertiary/aromatic N) is 1. The fourth-order valence-electron chi connectivity index (χ4n) is 3.12. The quantitative estimate of drug-likeness (QED) is 0.205. The van der Waals surface area contributed by atoms with E-state index in [-0.39, 0.29) is 22.2 Å². The largest absolute Gasteiger partial charge is 0.490 e. The molecule has 2 heterocycles. The zero-order valence-corrected chi connectivity index (χ0v) is 20.1. The van der Waals surface area contributed by atoms with Crippen molar-refractivity contribution in [3.63, 3.8) is 0 Å². The summed E-state index contributed by atoms with van der Waals surface area (Å²) < 4.78 is 24.4. The molecule has 3 aromatic rings. The molecule has 2 aromatic carbocycles. The molecule has 0 saturated carbocycles. The Kier molecular flexibility index (Phi) is 7.35. The van der Waals surface area contributed by atoms with Gasteiger partial charge in [0.2, 0.25) is 0 Å². The summed E-state index contributed by atoms with van der Waals surface area (Å²) in [6, 6.07) is 12.1. The van der Waals surface area contributed by atoms with Gasteiger partial charge in [0.25, 0.3) is 11.1 Å². The van der Waals surface area contributed by atoms with E-state index in [1.807, 2.05) is 0 Å². The number of amides is 2. The van der Waals surface area contributed by atoms with Crippen LogP contribution in [-0.4, -0.2) is 28.6 Å². The van der Waals surface area contributed by atoms with Crippen LogP contribution < -0.4 is 9.47 Å². The Balaban J connectivity index is 1.54. The van der Waals surface area contributed by atoms with Crippen molar-refractivity contribution >= 4 is 57.9 Å². The fourth-order valence-corrected chi connectivity index (χ4v) is 4.78. The van der Waals surface area contributed by atoms with Crippen LogP contribution in [0.2, 0.25) is 5.02 Å². The van der Waals surface area contributed by atoms with Crippen LogP contribution in [0.4, 0.5) is 9.18 Å². The summed E-state index contributed by atoms with van der Waals surface area (Å²) in [5.74, 6) is -0.904. The van der Waals surface area contributed by atoms with Crippen molar-refractivity contribution in [2.24, 2.45) is 0 Å². The second-order valence-corrected chi connectivity index (χ2v) is 9.36. The van der Waals surface area contributed by atoms with Gasteiger partial charge in [-0.15, -0.1) is 11.3 Å². The minimum atomic E-state index is -0.502. The van der Waals surface area contributed by atoms with Crippen LogP contribution in [0.3, 0.4) is 0 Å². The van der Waals surface area contributed by atoms with E-state index in [4.69, 9.17) is 21.1 Å². The van der Waals surface area contributed by atoms with Crippen LogP contribution >= 0.6 is 34.7 Å². The van der Waals surface area contributed by atoms with Crippen LogP contribution in [0.1, 0.15) is 27.7 Å². The lowest BCUT2D eigenvalue weighted by Gasteiger charge is -2.13. The number of thioether (sulfide) groups is 1. The lowest BCUT2D eigenvalue weighted by molar-refractivity contribution is -0.123. The molecule has 10 heteroatoms. The Bertz CT molecular complexity index is 1290. The molecule has 1 saturated heterocycles. The first-order chi connectivity index (χ1) is 16.4. The lowest BCUT2D eigenvalue weighted by atomic mass is 10.1. The van der Waals surface area contributed by atoms with E-state index >= 15 is 0 Å². The van der Waals surface area contributed by atoms with Gasteiger partial charge in [-0.1, -0.05) is 29.8 Å². The Hall–Kier alpha value is -3.14. The van der Waals surface area contributed by atoms with Gasteiger partial charge in [0.15, 0.2) is 11.5 Å². The minimum Gasteiger partial charge on any atom is -0.490 e. The molecule has 1 aliphatic rings. The molecular weight excluding hydrogens is 501 g/mol. The molecule has 0 spiro atoms. The van der Waals surface area contributed by atoms with Crippen molar-refractivity contribution < 1.29 is 28.2 Å². The molecule has 0 atom stereocenters. The number of hydrogen-bond donors (Lipinski definition) is 0. The summed E-state index contributed by atoms with van der Waals surface area (Å²) in [5.41, 5.74) is 1.05. The number of benzene rings is 2. The molecule has 6 nitrogen and oxygen atoms in total. The van der Waals surface area contributed by atoms with Crippen molar-refractivity contribution in [3.05, 3.63) is 85.7 Å². The first-order valence-corrected chi connectivity index (χ1v) is 12.1. The average molecular weight is 518 g/mol. The third-order valence-electron chi connectivity index (χ3n) is 4.71. The smallest absolute Gasteiger partial charge is 0.353 e. The van der Waals surface area contributed by atoms with Crippen molar-refractivity contribution in [2.75, 3.05) is 6.61 Å². The van der Waals surface area contributed by atoms with E-state index in [2.05, 4.69) is 0 Å². The molecule has 0 bridgehead atoms. The highest BCUT2D eigenvalue weighted by atomic mass is 35.5. The highest BCUT2D eigenvalue weighted by Gasteiger charge is 2.35. The Morgan fingerprint density at radius 1 is 1.15 bits per heavy atom. The van der Waals surface area contributed by atoms with Crippen LogP contribution in [-0.2, 0) is 11.3 Å². The van der Waals surface area contributed by atoms with E-state index in [1.54, 1.807) is 48.7 Å². The first-order valence-electron chi connectivity index (χ1n) is 10.1. The predicted octanol–water partition coefficient (Wildman–Crippen LogP) is 6.40. The van der Waals surface area contributed by atoms with Crippen molar-refractivity contribution in [2.45, 2.75) is 13.5 Å². The molecule has 0 radical (unpaired) electrons. The number of halogens is 2. The van der Waals surface area contributed by atoms with Gasteiger partial charge in [-0.05, 0) is 71.6 Å². The Labute approximate surface area is 207 Å². The van der Waals surface area contributed by atoms with E-state index in [0.29, 0.717) is 28.4 Å². The van der Waals surface area contributed by atoms with Crippen molar-refractivity contribution in [1.82, 2.24) is 4.90 Å². The maximum Gasteiger partial charge on any atom is 0.353 e. The summed E-state index contributed by atoms with van der Waals surface area (Å²) >= 11 is 8.10. The maximum absolute atomic E-state index is 13.3. The van der Waals surface area contributed by atoms with Gasteiger partial charge in [-0.2, -0.15) is 0 Å². The molecule has 0 unspecified atom stereocenters. The molecule has 0 N–H and O–H groups in total. The highest BCUT2D eigenvalue weighted by Crippen LogP contribution is 2.36. The Morgan fingerprint density at radius 2 is 1.97 bits per heavy atom. The highest BCUT2D eigenvalue weighted by molar-refractivity contribution is 8.18. The van der Waals surface area contributed by atoms with Crippen LogP contribution in [0, 0.1) is 5.82 Å². The second kappa shape index (κ2) is 10.4. The standard InChI is InChI=1S/C24H17ClFNO5S2/c1-2-31-19-10-14(5-8-18(19)32-23(29)20-4-3-9-33-20)11-21-22(28)27(24(30)34-21)13-15-6-7-16(26)12-17(15)25/h3-12H,2,13H2,1H3/b21-11-. The number of carbonyl (C=O) groups is 3. The summed E-state index contributed by atoms with van der Waals surface area (Å²) in [5, 5.41) is 1.46. The monoisotopic (exact) mass is 517 g/mol. The molecule has 0 aliphatic carbocycles. The van der Waals surface area contributed by atoms with Crippen molar-refractivity contribution in [1.29, 1.82) is 0 Å². The number of imide groups is 1. The summed E-state index contributed by atoms with van der Waals surface area (Å²) in [6.45, 7) is 2.06. The van der Waals surface area contributed by atoms with Gasteiger partial charge >= 0.3 is 5.97 Å². The van der Waals surface area contributed by atoms with E-state index in [0.717, 1.165) is 22.7 Å². The fraction of sp³-hybridized carbons (Fsp3) is 0.125. The summed E-state index contributed by atoms with van der Waals surface area (Å²) in [4.78, 5) is 39.3. The molecule has 4 rings (SSSR count). The van der Waals surface area contributed by atoms with Gasteiger partial charge in [-0.25, -0.2) is 9.18 Å². The number of rotatable bonds is 7. The second-order valence-electron chi connectivity index (χ2n) is 7.01. The third kappa shape index (κ3) is 5.32. The van der Waals surface area contributed by atoms with Gasteiger partial charge in [0.05, 0.1) is 18.1 Å². The Morgan fingerprint density at radius 3 is 2.68 bits per heavy atom. The van der Waals surface area contributed by atoms with Gasteiger partial charge in [0.1, 0.15) is 10.7 Å². The number of carbonyl (C=O) groups excluding carboxylic acids is 3. The van der Waals surface area contributed by atoms with E-state index < -0.39 is 22.9 Å². The average Bonchev–Trinajstić information content (AvgIpc) is 3.42. The molecule has 1 aromatic heterocycles. The predicted molar refractivity (Wildman–Crippen MR) is 130 cm³/mol. The van der Waals surface area contributed by atoms with E-state index in [9.17, 15) is 18.8 Å². The maximum atomic E-state index is 13.3. The van der Waals surface area contributed by atoms with Gasteiger partial charge in [-0.3, -0.25) is 14.5 Å². The number of ether oxygens (including phenoxy) is 2. The summed E-state index contributed by atoms with van der Waals surface area (Å²) in [6.07, 6.45) is 1.56. The number of hydrogen-bond acceptors (Lipinski definition) is 7. The summed E-state index contributed by atoms with van der Waals surface area (Å²) in [7, 11) is 0. The molecule has 1 fully saturated rings. The van der Waals surface area contributed by atoms with Gasteiger partial charge < -0.3 is 9.47 Å². The zero-order valence-electron chi connectivity index (χ0n) is 17.7. The number of thiophene rings is 1. The van der Waals surface area contributed by atoms with E-state index in [1.165, 1.54) is 23.5 Å². The molecule has 174 valence electrons. The molecule has 34 heavy (non-hydrogen) atoms. The SMILES string of the molecule is CCOc1cc(/C=C2\SC(=O)N(Cc3ccc(F)cc3Cl)C2=O)ccc1OC(=O)c1cccs1. The molecule has 1 aliphatic heterocycles. The van der Waals surface area contributed by atoms with Crippen LogP contribution in [0.25, 0.3) is 6.08 Å². The lowest BCUT2D eigenvalue weighted by Crippen LogP contribution is -2.27. The van der Waals surface area contributed by atoms with Crippen LogP contribution in [0.5, 0.6) is 11.5 Å². The van der Waals surface area contributed by atoms with Crippen LogP contribution in [0.15, 0.2) is 58.8 Å². The van der Waals surface area contributed by atoms with Gasteiger partial charge in [0, 0.05) is 5.02 Å². The third-order valence-corrected chi connectivity index (χ3v) is 6.82. The zero-order chi connectivity index (χ0) is 24.2. The topological polar surface area (TPSA) is 72.9 Å². The molecular formula is C24H17ClFNO5S2. The minimum absolute atomic E-state index is 0.0665. The van der Waals surface area contributed by atoms with Crippen molar-refractivity contribution in [3.8, 4) is 11.5 Å². The molecule has 2 amide bonds. The number of esters is 1. The first kappa shape index (κ1) is 24.0.